The normalized spacial score (nSPS) is 11.1. The molecule has 3 heteroatoms. The molecular formula is C11H14N2O. The zero-order valence-electron chi connectivity index (χ0n) is 8.66. The van der Waals surface area contributed by atoms with Crippen LogP contribution in [0.3, 0.4) is 0 Å². The number of aromatic nitrogens is 2. The average Bonchev–Trinajstić information content (AvgIpc) is 2.59. The predicted octanol–water partition coefficient (Wildman–Crippen LogP) is 2.69. The molecule has 2 heterocycles. The van der Waals surface area contributed by atoms with Crippen molar-refractivity contribution in [2.75, 3.05) is 7.11 Å². The van der Waals surface area contributed by atoms with Gasteiger partial charge in [0.2, 0.25) is 5.88 Å². The van der Waals surface area contributed by atoms with Gasteiger partial charge in [0.15, 0.2) is 0 Å². The molecule has 2 rings (SSSR count). The van der Waals surface area contributed by atoms with E-state index in [1.54, 1.807) is 13.3 Å². The molecule has 0 aliphatic heterocycles. The Kier molecular flexibility index (Phi) is 2.15. The zero-order chi connectivity index (χ0) is 10.1. The van der Waals surface area contributed by atoms with Gasteiger partial charge in [0.1, 0.15) is 0 Å². The summed E-state index contributed by atoms with van der Waals surface area (Å²) in [6.07, 6.45) is 1.81. The smallest absolute Gasteiger partial charge is 0.213 e. The summed E-state index contributed by atoms with van der Waals surface area (Å²) in [4.78, 5) is 7.47. The number of nitrogens with zero attached hydrogens (tertiary/aromatic N) is 1. The molecule has 0 radical (unpaired) electrons. The monoisotopic (exact) mass is 190 g/mol. The van der Waals surface area contributed by atoms with Gasteiger partial charge in [-0.05, 0) is 12.0 Å². The summed E-state index contributed by atoms with van der Waals surface area (Å²) in [5.41, 5.74) is 2.30. The zero-order valence-corrected chi connectivity index (χ0v) is 8.66. The maximum absolute atomic E-state index is 5.07. The largest absolute Gasteiger partial charge is 0.481 e. The highest BCUT2D eigenvalue weighted by atomic mass is 16.5. The van der Waals surface area contributed by atoms with Gasteiger partial charge in [-0.2, -0.15) is 0 Å². The van der Waals surface area contributed by atoms with Crippen LogP contribution in [0.4, 0.5) is 0 Å². The number of hydrogen-bond donors (Lipinski definition) is 1. The molecule has 0 bridgehead atoms. The van der Waals surface area contributed by atoms with E-state index in [4.69, 9.17) is 4.74 Å². The molecule has 2 aromatic rings. The number of rotatable bonds is 2. The van der Waals surface area contributed by atoms with Gasteiger partial charge in [-0.1, -0.05) is 13.8 Å². The third-order valence-electron chi connectivity index (χ3n) is 2.33. The Morgan fingerprint density at radius 1 is 1.36 bits per heavy atom. The van der Waals surface area contributed by atoms with Crippen LogP contribution >= 0.6 is 0 Å². The van der Waals surface area contributed by atoms with Crippen molar-refractivity contribution in [3.8, 4) is 5.88 Å². The van der Waals surface area contributed by atoms with Gasteiger partial charge in [0.25, 0.3) is 0 Å². The SMILES string of the molecule is COc1cc2cc(C(C)C)[nH]c2cn1. The van der Waals surface area contributed by atoms with Crippen molar-refractivity contribution in [3.05, 3.63) is 24.0 Å². The Morgan fingerprint density at radius 2 is 2.14 bits per heavy atom. The molecule has 0 spiro atoms. The fraction of sp³-hybridized carbons (Fsp3) is 0.364. The average molecular weight is 190 g/mol. The van der Waals surface area contributed by atoms with Crippen LogP contribution in [0.15, 0.2) is 18.3 Å². The van der Waals surface area contributed by atoms with Gasteiger partial charge in [-0.25, -0.2) is 4.98 Å². The number of ether oxygens (including phenoxy) is 1. The summed E-state index contributed by atoms with van der Waals surface area (Å²) in [5.74, 6) is 1.17. The summed E-state index contributed by atoms with van der Waals surface area (Å²) < 4.78 is 5.07. The van der Waals surface area contributed by atoms with Crippen molar-refractivity contribution in [2.45, 2.75) is 19.8 Å². The van der Waals surface area contributed by atoms with Gasteiger partial charge >= 0.3 is 0 Å². The van der Waals surface area contributed by atoms with Crippen LogP contribution in [0.1, 0.15) is 25.5 Å². The molecule has 3 nitrogen and oxygen atoms in total. The fourth-order valence-corrected chi connectivity index (χ4v) is 1.46. The Bertz CT molecular complexity index is 445. The molecule has 0 aromatic carbocycles. The Balaban J connectivity index is 2.54. The first-order chi connectivity index (χ1) is 6.70. The van der Waals surface area contributed by atoms with Gasteiger partial charge in [-0.15, -0.1) is 0 Å². The van der Waals surface area contributed by atoms with Crippen LogP contribution < -0.4 is 4.74 Å². The van der Waals surface area contributed by atoms with E-state index in [0.29, 0.717) is 11.8 Å². The van der Waals surface area contributed by atoms with Crippen LogP contribution in [0.25, 0.3) is 10.9 Å². The molecule has 0 unspecified atom stereocenters. The minimum atomic E-state index is 0.508. The van der Waals surface area contributed by atoms with Crippen molar-refractivity contribution in [1.29, 1.82) is 0 Å². The highest BCUT2D eigenvalue weighted by Crippen LogP contribution is 2.22. The van der Waals surface area contributed by atoms with E-state index in [-0.39, 0.29) is 0 Å². The van der Waals surface area contributed by atoms with Crippen LogP contribution in [-0.2, 0) is 0 Å². The molecular weight excluding hydrogens is 176 g/mol. The molecule has 0 atom stereocenters. The maximum Gasteiger partial charge on any atom is 0.213 e. The fourth-order valence-electron chi connectivity index (χ4n) is 1.46. The van der Waals surface area contributed by atoms with Crippen LogP contribution in [0, 0.1) is 0 Å². The molecule has 14 heavy (non-hydrogen) atoms. The van der Waals surface area contributed by atoms with E-state index < -0.39 is 0 Å². The van der Waals surface area contributed by atoms with E-state index in [1.807, 2.05) is 6.07 Å². The lowest BCUT2D eigenvalue weighted by atomic mass is 10.1. The number of nitrogens with one attached hydrogen (secondary N) is 1. The standard InChI is InChI=1S/C11H14N2O/c1-7(2)9-4-8-5-11(14-3)12-6-10(8)13-9/h4-7,13H,1-3H3. The molecule has 1 N–H and O–H groups in total. The number of fused-ring (bicyclic) bond motifs is 1. The lowest BCUT2D eigenvalue weighted by Gasteiger charge is -1.97. The molecule has 0 saturated heterocycles. The Morgan fingerprint density at radius 3 is 2.79 bits per heavy atom. The third kappa shape index (κ3) is 1.45. The molecule has 0 aliphatic rings. The van der Waals surface area contributed by atoms with Crippen molar-refractivity contribution in [1.82, 2.24) is 9.97 Å². The molecule has 0 saturated carbocycles. The second-order valence-corrected chi connectivity index (χ2v) is 3.69. The minimum absolute atomic E-state index is 0.508. The van der Waals surface area contributed by atoms with Gasteiger partial charge in [0, 0.05) is 17.1 Å². The summed E-state index contributed by atoms with van der Waals surface area (Å²) in [6, 6.07) is 4.09. The van der Waals surface area contributed by atoms with Gasteiger partial charge in [-0.3, -0.25) is 0 Å². The highest BCUT2D eigenvalue weighted by Gasteiger charge is 2.05. The van der Waals surface area contributed by atoms with Crippen molar-refractivity contribution < 1.29 is 4.74 Å². The lowest BCUT2D eigenvalue weighted by molar-refractivity contribution is 0.399. The third-order valence-corrected chi connectivity index (χ3v) is 2.33. The van der Waals surface area contributed by atoms with Crippen molar-refractivity contribution >= 4 is 10.9 Å². The second-order valence-electron chi connectivity index (χ2n) is 3.69. The minimum Gasteiger partial charge on any atom is -0.481 e. The Labute approximate surface area is 83.1 Å². The topological polar surface area (TPSA) is 37.9 Å². The van der Waals surface area contributed by atoms with E-state index >= 15 is 0 Å². The van der Waals surface area contributed by atoms with Crippen LogP contribution in [0.5, 0.6) is 5.88 Å². The first-order valence-corrected chi connectivity index (χ1v) is 4.73. The van der Waals surface area contributed by atoms with Crippen molar-refractivity contribution in [2.24, 2.45) is 0 Å². The van der Waals surface area contributed by atoms with Crippen molar-refractivity contribution in [3.63, 3.8) is 0 Å². The van der Waals surface area contributed by atoms with Gasteiger partial charge < -0.3 is 9.72 Å². The first-order valence-electron chi connectivity index (χ1n) is 4.73. The van der Waals surface area contributed by atoms with Crippen LogP contribution in [-0.4, -0.2) is 17.1 Å². The van der Waals surface area contributed by atoms with Gasteiger partial charge in [0.05, 0.1) is 18.8 Å². The van der Waals surface area contributed by atoms with E-state index in [9.17, 15) is 0 Å². The maximum atomic E-state index is 5.07. The molecule has 2 aromatic heterocycles. The lowest BCUT2D eigenvalue weighted by Crippen LogP contribution is -1.86. The predicted molar refractivity (Wildman–Crippen MR) is 56.7 cm³/mol. The second kappa shape index (κ2) is 3.33. The molecule has 0 amide bonds. The summed E-state index contributed by atoms with van der Waals surface area (Å²) >= 11 is 0. The van der Waals surface area contributed by atoms with E-state index in [1.165, 1.54) is 5.69 Å². The molecule has 74 valence electrons. The summed E-state index contributed by atoms with van der Waals surface area (Å²) in [7, 11) is 1.63. The first kappa shape index (κ1) is 9.06. The molecule has 0 fully saturated rings. The van der Waals surface area contributed by atoms with E-state index in [2.05, 4.69) is 29.9 Å². The number of methoxy groups -OCH3 is 1. The highest BCUT2D eigenvalue weighted by molar-refractivity contribution is 5.80. The molecule has 0 aliphatic carbocycles. The quantitative estimate of drug-likeness (QED) is 0.790. The summed E-state index contributed by atoms with van der Waals surface area (Å²) in [5, 5.41) is 1.15. The summed E-state index contributed by atoms with van der Waals surface area (Å²) in [6.45, 7) is 4.32. The Hall–Kier alpha value is -1.51. The van der Waals surface area contributed by atoms with E-state index in [0.717, 1.165) is 10.9 Å². The number of hydrogen-bond acceptors (Lipinski definition) is 2. The number of aromatic amines is 1. The number of H-pyrrole nitrogens is 1. The number of pyridine rings is 1. The van der Waals surface area contributed by atoms with Crippen LogP contribution in [0.2, 0.25) is 0 Å².